The first-order valence-corrected chi connectivity index (χ1v) is 6.61. The highest BCUT2D eigenvalue weighted by atomic mass is 19.4. The number of methoxy groups -OCH3 is 2. The summed E-state index contributed by atoms with van der Waals surface area (Å²) in [4.78, 5) is 23.4. The first-order valence-electron chi connectivity index (χ1n) is 6.61. The predicted octanol–water partition coefficient (Wildman–Crippen LogP) is 1.17. The van der Waals surface area contributed by atoms with E-state index >= 15 is 0 Å². The van der Waals surface area contributed by atoms with Crippen LogP contribution in [0.1, 0.15) is 23.7 Å². The minimum absolute atomic E-state index is 0.0501. The fraction of sp³-hybridized carbons (Fsp3) is 0.429. The summed E-state index contributed by atoms with van der Waals surface area (Å²) in [5.41, 5.74) is 0.594. The van der Waals surface area contributed by atoms with Gasteiger partial charge in [0.25, 0.3) is 5.91 Å². The molecule has 0 spiro atoms. The van der Waals surface area contributed by atoms with Crippen LogP contribution in [-0.2, 0) is 4.79 Å². The number of halogens is 3. The molecule has 24 heavy (non-hydrogen) atoms. The van der Waals surface area contributed by atoms with E-state index in [1.165, 1.54) is 32.4 Å². The quantitative estimate of drug-likeness (QED) is 0.693. The van der Waals surface area contributed by atoms with Crippen molar-refractivity contribution in [3.63, 3.8) is 0 Å². The summed E-state index contributed by atoms with van der Waals surface area (Å²) in [6.45, 7) is 0.460. The van der Waals surface area contributed by atoms with Gasteiger partial charge in [-0.05, 0) is 19.1 Å². The molecule has 0 aromatic heterocycles. The van der Waals surface area contributed by atoms with E-state index in [1.54, 1.807) is 5.43 Å². The van der Waals surface area contributed by atoms with Gasteiger partial charge in [-0.15, -0.1) is 0 Å². The van der Waals surface area contributed by atoms with Gasteiger partial charge in [0.1, 0.15) is 11.5 Å². The Kier molecular flexibility index (Phi) is 6.02. The van der Waals surface area contributed by atoms with Crippen molar-refractivity contribution in [2.75, 3.05) is 14.2 Å². The molecule has 0 heterocycles. The van der Waals surface area contributed by atoms with E-state index in [2.05, 4.69) is 0 Å². The molecule has 1 aromatic rings. The molecule has 0 bridgehead atoms. The third-order valence-electron chi connectivity index (χ3n) is 3.04. The molecule has 0 saturated carbocycles. The molecule has 0 saturated heterocycles. The van der Waals surface area contributed by atoms with Crippen molar-refractivity contribution < 1.29 is 37.3 Å². The topological polar surface area (TPSA) is 96.9 Å². The number of benzene rings is 1. The average Bonchev–Trinajstić information content (AvgIpc) is 2.50. The fourth-order valence-corrected chi connectivity index (χ4v) is 1.59. The molecule has 0 aliphatic heterocycles. The lowest BCUT2D eigenvalue weighted by molar-refractivity contribution is -0.253. The maximum Gasteiger partial charge on any atom is 0.417 e. The van der Waals surface area contributed by atoms with Gasteiger partial charge < -0.3 is 14.6 Å². The average molecular weight is 350 g/mol. The molecule has 134 valence electrons. The molecule has 0 radical (unpaired) electrons. The summed E-state index contributed by atoms with van der Waals surface area (Å²) < 4.78 is 47.4. The normalized spacial score (nSPS) is 13.6. The van der Waals surface area contributed by atoms with Crippen LogP contribution in [0.3, 0.4) is 0 Å². The van der Waals surface area contributed by atoms with Gasteiger partial charge in [0.2, 0.25) is 5.91 Å². The fourth-order valence-electron chi connectivity index (χ4n) is 1.59. The number of hydrazine groups is 1. The van der Waals surface area contributed by atoms with Gasteiger partial charge >= 0.3 is 6.18 Å². The summed E-state index contributed by atoms with van der Waals surface area (Å²) in [6.07, 6.45) is -6.24. The Labute approximate surface area is 135 Å². The van der Waals surface area contributed by atoms with Crippen molar-refractivity contribution in [2.24, 2.45) is 0 Å². The highest BCUT2D eigenvalue weighted by Crippen LogP contribution is 2.32. The summed E-state index contributed by atoms with van der Waals surface area (Å²) in [5.74, 6) is -1.38. The monoisotopic (exact) mass is 350 g/mol. The minimum atomic E-state index is -4.98. The number of carbonyl (C=O) groups excluding carboxylic acids is 2. The third kappa shape index (κ3) is 5.01. The van der Waals surface area contributed by atoms with E-state index in [4.69, 9.17) is 9.47 Å². The lowest BCUT2D eigenvalue weighted by Crippen LogP contribution is -2.49. The van der Waals surface area contributed by atoms with Gasteiger partial charge in [-0.1, -0.05) is 0 Å². The van der Waals surface area contributed by atoms with Crippen molar-refractivity contribution in [3.8, 4) is 11.5 Å². The van der Waals surface area contributed by atoms with Crippen LogP contribution in [0.2, 0.25) is 0 Å². The standard InChI is InChI=1S/C14H17F3N2O5/c1-13(22,14(15,16)17)7-11(20)18-19-12(21)8-4-9(23-2)6-10(5-8)24-3/h4-6,22H,7H2,1-3H3,(H,18,20)(H,19,21)/t13-/m1/s1. The third-order valence-corrected chi connectivity index (χ3v) is 3.04. The van der Waals surface area contributed by atoms with Crippen molar-refractivity contribution in [3.05, 3.63) is 23.8 Å². The van der Waals surface area contributed by atoms with Gasteiger partial charge in [0, 0.05) is 11.6 Å². The van der Waals surface area contributed by atoms with Gasteiger partial charge in [0.05, 0.1) is 20.6 Å². The maximum atomic E-state index is 12.5. The van der Waals surface area contributed by atoms with Crippen molar-refractivity contribution >= 4 is 11.8 Å². The van der Waals surface area contributed by atoms with Crippen LogP contribution < -0.4 is 20.3 Å². The van der Waals surface area contributed by atoms with Gasteiger partial charge in [0.15, 0.2) is 5.60 Å². The molecule has 1 aromatic carbocycles. The maximum absolute atomic E-state index is 12.5. The molecule has 0 fully saturated rings. The van der Waals surface area contributed by atoms with Gasteiger partial charge in [-0.3, -0.25) is 20.4 Å². The second kappa shape index (κ2) is 7.39. The van der Waals surface area contributed by atoms with E-state index < -0.39 is 30.0 Å². The number of nitrogens with one attached hydrogen (secondary N) is 2. The van der Waals surface area contributed by atoms with Crippen LogP contribution in [0.4, 0.5) is 13.2 Å². The van der Waals surface area contributed by atoms with Crippen LogP contribution in [-0.4, -0.2) is 42.9 Å². The van der Waals surface area contributed by atoms with Gasteiger partial charge in [-0.2, -0.15) is 13.2 Å². The number of carbonyl (C=O) groups is 2. The van der Waals surface area contributed by atoms with Crippen molar-refractivity contribution in [1.82, 2.24) is 10.9 Å². The second-order valence-corrected chi connectivity index (χ2v) is 5.05. The SMILES string of the molecule is COc1cc(OC)cc(C(=O)NNC(=O)C[C@@](C)(O)C(F)(F)F)c1. The Hall–Kier alpha value is -2.49. The van der Waals surface area contributed by atoms with Crippen LogP contribution in [0, 0.1) is 0 Å². The first kappa shape index (κ1) is 19.6. The van der Waals surface area contributed by atoms with Crippen LogP contribution >= 0.6 is 0 Å². The first-order chi connectivity index (χ1) is 11.0. The molecule has 7 nitrogen and oxygen atoms in total. The van der Waals surface area contributed by atoms with Crippen molar-refractivity contribution in [2.45, 2.75) is 25.1 Å². The molecular formula is C14H17F3N2O5. The summed E-state index contributed by atoms with van der Waals surface area (Å²) in [6, 6.07) is 4.20. The molecule has 0 unspecified atom stereocenters. The molecule has 10 heteroatoms. The largest absolute Gasteiger partial charge is 0.497 e. The molecule has 1 atom stereocenters. The van der Waals surface area contributed by atoms with E-state index in [0.717, 1.165) is 0 Å². The highest BCUT2D eigenvalue weighted by molar-refractivity contribution is 5.96. The number of alkyl halides is 3. The predicted molar refractivity (Wildman–Crippen MR) is 76.5 cm³/mol. The Morgan fingerprint density at radius 2 is 1.58 bits per heavy atom. The zero-order valence-corrected chi connectivity index (χ0v) is 13.2. The minimum Gasteiger partial charge on any atom is -0.497 e. The van der Waals surface area contributed by atoms with Crippen LogP contribution in [0.15, 0.2) is 18.2 Å². The Morgan fingerprint density at radius 1 is 1.08 bits per heavy atom. The van der Waals surface area contributed by atoms with Gasteiger partial charge in [-0.25, -0.2) is 0 Å². The lowest BCUT2D eigenvalue weighted by Gasteiger charge is -2.25. The summed E-state index contributed by atoms with van der Waals surface area (Å²) in [5, 5.41) is 9.21. The molecular weight excluding hydrogens is 333 g/mol. The Bertz CT molecular complexity index is 595. The zero-order chi connectivity index (χ0) is 18.5. The van der Waals surface area contributed by atoms with Crippen LogP contribution in [0.25, 0.3) is 0 Å². The number of hydrogen-bond donors (Lipinski definition) is 3. The second-order valence-electron chi connectivity index (χ2n) is 5.05. The lowest BCUT2D eigenvalue weighted by atomic mass is 10.0. The molecule has 0 aliphatic carbocycles. The number of rotatable bonds is 5. The number of ether oxygens (including phenoxy) is 2. The van der Waals surface area contributed by atoms with E-state index in [0.29, 0.717) is 18.4 Å². The molecule has 1 rings (SSSR count). The number of aliphatic hydroxyl groups is 1. The molecule has 0 aliphatic rings. The van der Waals surface area contributed by atoms with E-state index in [1.807, 2.05) is 5.43 Å². The smallest absolute Gasteiger partial charge is 0.417 e. The Balaban J connectivity index is 2.71. The molecule has 2 amide bonds. The molecule has 3 N–H and O–H groups in total. The van der Waals surface area contributed by atoms with Crippen molar-refractivity contribution in [1.29, 1.82) is 0 Å². The zero-order valence-electron chi connectivity index (χ0n) is 13.2. The highest BCUT2D eigenvalue weighted by Gasteiger charge is 2.51. The van der Waals surface area contributed by atoms with Crippen LogP contribution in [0.5, 0.6) is 11.5 Å². The number of hydrogen-bond acceptors (Lipinski definition) is 5. The number of amides is 2. The van der Waals surface area contributed by atoms with E-state index in [9.17, 15) is 27.9 Å². The summed E-state index contributed by atoms with van der Waals surface area (Å²) in [7, 11) is 2.74. The Morgan fingerprint density at radius 3 is 2.00 bits per heavy atom. The van der Waals surface area contributed by atoms with E-state index in [-0.39, 0.29) is 5.56 Å². The summed E-state index contributed by atoms with van der Waals surface area (Å²) >= 11 is 0.